The number of rotatable bonds is 3. The Morgan fingerprint density at radius 1 is 1.29 bits per heavy atom. The van der Waals surface area contributed by atoms with Crippen LogP contribution in [0.3, 0.4) is 0 Å². The van der Waals surface area contributed by atoms with E-state index in [-0.39, 0.29) is 12.0 Å². The molecule has 0 aromatic carbocycles. The molecule has 1 saturated heterocycles. The molecule has 2 rings (SSSR count). The van der Waals surface area contributed by atoms with Crippen LogP contribution in [-0.4, -0.2) is 54.5 Å². The Balaban J connectivity index is 1.80. The maximum atomic E-state index is 12.2. The van der Waals surface area contributed by atoms with Crippen molar-refractivity contribution in [2.45, 2.75) is 25.3 Å². The van der Waals surface area contributed by atoms with E-state index in [0.29, 0.717) is 5.91 Å². The molecule has 1 aliphatic heterocycles. The van der Waals surface area contributed by atoms with Crippen LogP contribution in [-0.2, 0) is 4.79 Å². The Morgan fingerprint density at radius 2 is 2.00 bits per heavy atom. The van der Waals surface area contributed by atoms with E-state index in [1.807, 2.05) is 11.0 Å². The summed E-state index contributed by atoms with van der Waals surface area (Å²) in [7, 11) is 0. The van der Waals surface area contributed by atoms with E-state index in [1.54, 1.807) is 0 Å². The highest BCUT2D eigenvalue weighted by molar-refractivity contribution is 5.79. The molecule has 1 aliphatic carbocycles. The predicted molar refractivity (Wildman–Crippen MR) is 68.5 cm³/mol. The van der Waals surface area contributed by atoms with Gasteiger partial charge < -0.3 is 10.6 Å². The molecule has 1 saturated carbocycles. The van der Waals surface area contributed by atoms with Crippen LogP contribution < -0.4 is 5.73 Å². The number of nitrogens with zero attached hydrogens (tertiary/aromatic N) is 2. The third-order valence-electron chi connectivity index (χ3n) is 3.89. The van der Waals surface area contributed by atoms with Gasteiger partial charge >= 0.3 is 0 Å². The number of piperazine rings is 1. The van der Waals surface area contributed by atoms with Crippen LogP contribution >= 0.6 is 0 Å². The number of hydrogen-bond donors (Lipinski definition) is 1. The first kappa shape index (κ1) is 12.6. The normalized spacial score (nSPS) is 30.5. The molecule has 2 unspecified atom stereocenters. The van der Waals surface area contributed by atoms with E-state index in [1.165, 1.54) is 0 Å². The van der Waals surface area contributed by atoms with Crippen molar-refractivity contribution in [1.29, 1.82) is 0 Å². The van der Waals surface area contributed by atoms with Gasteiger partial charge in [0.2, 0.25) is 5.91 Å². The molecule has 96 valence electrons. The van der Waals surface area contributed by atoms with Gasteiger partial charge in [-0.2, -0.15) is 0 Å². The topological polar surface area (TPSA) is 49.6 Å². The van der Waals surface area contributed by atoms with Gasteiger partial charge in [0, 0.05) is 44.7 Å². The van der Waals surface area contributed by atoms with E-state index in [4.69, 9.17) is 5.73 Å². The fourth-order valence-electron chi connectivity index (χ4n) is 2.83. The van der Waals surface area contributed by atoms with Gasteiger partial charge in [-0.05, 0) is 19.3 Å². The predicted octanol–water partition coefficient (Wildman–Crippen LogP) is 0.444. The maximum Gasteiger partial charge on any atom is 0.225 e. The summed E-state index contributed by atoms with van der Waals surface area (Å²) in [5.74, 6) is 0.521. The molecule has 0 radical (unpaired) electrons. The molecule has 4 heteroatoms. The average Bonchev–Trinajstić information content (AvgIpc) is 2.76. The zero-order chi connectivity index (χ0) is 12.3. The Hall–Kier alpha value is -0.870. The van der Waals surface area contributed by atoms with Crippen molar-refractivity contribution >= 4 is 5.91 Å². The third kappa shape index (κ3) is 3.07. The van der Waals surface area contributed by atoms with Crippen molar-refractivity contribution in [1.82, 2.24) is 9.80 Å². The minimum absolute atomic E-state index is 0.191. The zero-order valence-electron chi connectivity index (χ0n) is 10.5. The third-order valence-corrected chi connectivity index (χ3v) is 3.89. The summed E-state index contributed by atoms with van der Waals surface area (Å²) in [4.78, 5) is 16.6. The Labute approximate surface area is 103 Å². The number of carbonyl (C=O) groups excluding carboxylic acids is 1. The second-order valence-corrected chi connectivity index (χ2v) is 5.18. The van der Waals surface area contributed by atoms with E-state index >= 15 is 0 Å². The molecule has 2 N–H and O–H groups in total. The molecule has 4 nitrogen and oxygen atoms in total. The Morgan fingerprint density at radius 3 is 2.53 bits per heavy atom. The average molecular weight is 237 g/mol. The quantitative estimate of drug-likeness (QED) is 0.725. The lowest BCUT2D eigenvalue weighted by Gasteiger charge is -2.35. The molecular weight excluding hydrogens is 214 g/mol. The smallest absolute Gasteiger partial charge is 0.225 e. The summed E-state index contributed by atoms with van der Waals surface area (Å²) in [6, 6.07) is 0.242. The van der Waals surface area contributed by atoms with E-state index < -0.39 is 0 Å². The first-order chi connectivity index (χ1) is 8.20. The van der Waals surface area contributed by atoms with Gasteiger partial charge in [0.05, 0.1) is 0 Å². The lowest BCUT2D eigenvalue weighted by atomic mass is 10.1. The van der Waals surface area contributed by atoms with Gasteiger partial charge in [-0.15, -0.1) is 6.58 Å². The van der Waals surface area contributed by atoms with Crippen LogP contribution in [0.5, 0.6) is 0 Å². The molecule has 0 aromatic heterocycles. The molecule has 2 atom stereocenters. The van der Waals surface area contributed by atoms with Crippen LogP contribution in [0.2, 0.25) is 0 Å². The number of amides is 1. The standard InChI is InChI=1S/C13H23N3O/c1-2-5-15-6-8-16(9-7-15)13(17)11-3-4-12(14)10-11/h2,11-12H,1,3-10,14H2. The number of hydrogen-bond acceptors (Lipinski definition) is 3. The second kappa shape index (κ2) is 5.65. The summed E-state index contributed by atoms with van der Waals surface area (Å²) in [6.45, 7) is 8.33. The van der Waals surface area contributed by atoms with Gasteiger partial charge in [-0.3, -0.25) is 9.69 Å². The minimum Gasteiger partial charge on any atom is -0.340 e. The molecule has 1 amide bonds. The highest BCUT2D eigenvalue weighted by atomic mass is 16.2. The van der Waals surface area contributed by atoms with Gasteiger partial charge in [-0.1, -0.05) is 6.08 Å². The highest BCUT2D eigenvalue weighted by Gasteiger charge is 2.32. The molecule has 1 heterocycles. The summed E-state index contributed by atoms with van der Waals surface area (Å²) in [5, 5.41) is 0. The summed E-state index contributed by atoms with van der Waals surface area (Å²) >= 11 is 0. The molecule has 2 fully saturated rings. The van der Waals surface area contributed by atoms with E-state index in [2.05, 4.69) is 11.5 Å². The summed E-state index contributed by atoms with van der Waals surface area (Å²) in [5.41, 5.74) is 5.86. The number of nitrogens with two attached hydrogens (primary N) is 1. The molecular formula is C13H23N3O. The Kier molecular flexibility index (Phi) is 4.18. The minimum atomic E-state index is 0.191. The summed E-state index contributed by atoms with van der Waals surface area (Å²) < 4.78 is 0. The van der Waals surface area contributed by atoms with Crippen molar-refractivity contribution < 1.29 is 4.79 Å². The van der Waals surface area contributed by atoms with Gasteiger partial charge in [-0.25, -0.2) is 0 Å². The lowest BCUT2D eigenvalue weighted by molar-refractivity contribution is -0.137. The second-order valence-electron chi connectivity index (χ2n) is 5.18. The van der Waals surface area contributed by atoms with Crippen LogP contribution in [0.4, 0.5) is 0 Å². The van der Waals surface area contributed by atoms with Crippen LogP contribution in [0.25, 0.3) is 0 Å². The monoisotopic (exact) mass is 237 g/mol. The fourth-order valence-corrected chi connectivity index (χ4v) is 2.83. The first-order valence-corrected chi connectivity index (χ1v) is 6.58. The fraction of sp³-hybridized carbons (Fsp3) is 0.769. The SMILES string of the molecule is C=CCN1CCN(C(=O)C2CCC(N)C2)CC1. The van der Waals surface area contributed by atoms with Crippen molar-refractivity contribution in [3.05, 3.63) is 12.7 Å². The van der Waals surface area contributed by atoms with Crippen LogP contribution in [0.1, 0.15) is 19.3 Å². The maximum absolute atomic E-state index is 12.2. The molecule has 17 heavy (non-hydrogen) atoms. The van der Waals surface area contributed by atoms with Crippen molar-refractivity contribution in [3.8, 4) is 0 Å². The van der Waals surface area contributed by atoms with Crippen molar-refractivity contribution in [2.75, 3.05) is 32.7 Å². The van der Waals surface area contributed by atoms with Crippen LogP contribution in [0, 0.1) is 5.92 Å². The zero-order valence-corrected chi connectivity index (χ0v) is 10.5. The molecule has 0 spiro atoms. The highest BCUT2D eigenvalue weighted by Crippen LogP contribution is 2.26. The van der Waals surface area contributed by atoms with Gasteiger partial charge in [0.1, 0.15) is 0 Å². The first-order valence-electron chi connectivity index (χ1n) is 6.58. The van der Waals surface area contributed by atoms with Crippen molar-refractivity contribution in [2.24, 2.45) is 11.7 Å². The molecule has 0 bridgehead atoms. The Bertz CT molecular complexity index is 284. The van der Waals surface area contributed by atoms with Crippen molar-refractivity contribution in [3.63, 3.8) is 0 Å². The van der Waals surface area contributed by atoms with Gasteiger partial charge in [0.15, 0.2) is 0 Å². The van der Waals surface area contributed by atoms with Crippen LogP contribution in [0.15, 0.2) is 12.7 Å². The molecule has 0 aromatic rings. The molecule has 2 aliphatic rings. The summed E-state index contributed by atoms with van der Waals surface area (Å²) in [6.07, 6.45) is 4.79. The lowest BCUT2D eigenvalue weighted by Crippen LogP contribution is -2.50. The van der Waals surface area contributed by atoms with Gasteiger partial charge in [0.25, 0.3) is 0 Å². The number of carbonyl (C=O) groups is 1. The van der Waals surface area contributed by atoms with E-state index in [9.17, 15) is 4.79 Å². The van der Waals surface area contributed by atoms with E-state index in [0.717, 1.165) is 52.0 Å². The largest absolute Gasteiger partial charge is 0.340 e.